The van der Waals surface area contributed by atoms with E-state index in [0.29, 0.717) is 19.6 Å². The Labute approximate surface area is 107 Å². The van der Waals surface area contributed by atoms with Crippen LogP contribution in [0.3, 0.4) is 0 Å². The second kappa shape index (κ2) is 6.58. The van der Waals surface area contributed by atoms with E-state index in [2.05, 4.69) is 12.2 Å². The number of carbonyl (C=O) groups is 2. The second-order valence-corrected chi connectivity index (χ2v) is 4.75. The van der Waals surface area contributed by atoms with Gasteiger partial charge in [-0.2, -0.15) is 0 Å². The van der Waals surface area contributed by atoms with Crippen molar-refractivity contribution in [2.24, 2.45) is 0 Å². The van der Waals surface area contributed by atoms with Gasteiger partial charge in [0.25, 0.3) is 0 Å². The minimum absolute atomic E-state index is 0.0386. The maximum absolute atomic E-state index is 11.9. The van der Waals surface area contributed by atoms with Crippen LogP contribution < -0.4 is 5.32 Å². The summed E-state index contributed by atoms with van der Waals surface area (Å²) in [7, 11) is 1.68. The zero-order valence-electron chi connectivity index (χ0n) is 11.1. The van der Waals surface area contributed by atoms with E-state index in [1.165, 1.54) is 4.90 Å². The molecule has 1 aliphatic heterocycles. The third-order valence-electron chi connectivity index (χ3n) is 3.22. The van der Waals surface area contributed by atoms with Gasteiger partial charge in [-0.3, -0.25) is 0 Å². The summed E-state index contributed by atoms with van der Waals surface area (Å²) in [6.45, 7) is 3.13. The SMILES string of the molecule is CCCCCN(C)C(=O)NC1(C(=O)O)CCOC1. The molecular formula is C12H22N2O4. The van der Waals surface area contributed by atoms with E-state index in [4.69, 9.17) is 4.74 Å². The van der Waals surface area contributed by atoms with Crippen LogP contribution in [-0.4, -0.2) is 54.4 Å². The molecule has 18 heavy (non-hydrogen) atoms. The van der Waals surface area contributed by atoms with Crippen molar-refractivity contribution in [3.63, 3.8) is 0 Å². The number of unbranched alkanes of at least 4 members (excludes halogenated alkanes) is 2. The van der Waals surface area contributed by atoms with Crippen LogP contribution in [-0.2, 0) is 9.53 Å². The number of hydrogen-bond donors (Lipinski definition) is 2. The highest BCUT2D eigenvalue weighted by molar-refractivity contribution is 5.86. The van der Waals surface area contributed by atoms with E-state index < -0.39 is 11.5 Å². The molecule has 0 aromatic heterocycles. The highest BCUT2D eigenvalue weighted by Gasteiger charge is 2.44. The Morgan fingerprint density at radius 1 is 1.44 bits per heavy atom. The molecule has 1 rings (SSSR count). The van der Waals surface area contributed by atoms with E-state index in [1.54, 1.807) is 7.05 Å². The highest BCUT2D eigenvalue weighted by Crippen LogP contribution is 2.19. The fourth-order valence-electron chi connectivity index (χ4n) is 1.89. The predicted molar refractivity (Wildman–Crippen MR) is 66.5 cm³/mol. The predicted octanol–water partition coefficient (Wildman–Crippen LogP) is 1.06. The summed E-state index contributed by atoms with van der Waals surface area (Å²) in [5.41, 5.74) is -1.25. The molecule has 2 N–H and O–H groups in total. The Morgan fingerprint density at radius 3 is 2.67 bits per heavy atom. The lowest BCUT2D eigenvalue weighted by Crippen LogP contribution is -2.58. The zero-order valence-corrected chi connectivity index (χ0v) is 11.1. The maximum atomic E-state index is 11.9. The van der Waals surface area contributed by atoms with Gasteiger partial charge in [0.2, 0.25) is 0 Å². The lowest BCUT2D eigenvalue weighted by atomic mass is 9.99. The van der Waals surface area contributed by atoms with Crippen molar-refractivity contribution in [1.82, 2.24) is 10.2 Å². The molecule has 1 heterocycles. The number of aliphatic carboxylic acids is 1. The Kier molecular flexibility index (Phi) is 5.40. The van der Waals surface area contributed by atoms with E-state index in [0.717, 1.165) is 19.3 Å². The normalized spacial score (nSPS) is 22.8. The van der Waals surface area contributed by atoms with Crippen molar-refractivity contribution in [2.75, 3.05) is 26.8 Å². The molecule has 2 amide bonds. The van der Waals surface area contributed by atoms with E-state index in [1.807, 2.05) is 0 Å². The Hall–Kier alpha value is -1.30. The number of carbonyl (C=O) groups excluding carboxylic acids is 1. The van der Waals surface area contributed by atoms with Crippen molar-refractivity contribution < 1.29 is 19.4 Å². The molecule has 1 saturated heterocycles. The molecule has 1 unspecified atom stereocenters. The first kappa shape index (κ1) is 14.8. The summed E-state index contributed by atoms with van der Waals surface area (Å²) >= 11 is 0. The summed E-state index contributed by atoms with van der Waals surface area (Å²) in [6.07, 6.45) is 3.39. The molecule has 104 valence electrons. The minimum Gasteiger partial charge on any atom is -0.479 e. The number of nitrogens with one attached hydrogen (secondary N) is 1. The summed E-state index contributed by atoms with van der Waals surface area (Å²) in [5.74, 6) is -1.03. The Morgan fingerprint density at radius 2 is 2.17 bits per heavy atom. The van der Waals surface area contributed by atoms with Crippen molar-refractivity contribution >= 4 is 12.0 Å². The van der Waals surface area contributed by atoms with Crippen molar-refractivity contribution in [3.05, 3.63) is 0 Å². The van der Waals surface area contributed by atoms with Gasteiger partial charge >= 0.3 is 12.0 Å². The zero-order chi connectivity index (χ0) is 13.6. The topological polar surface area (TPSA) is 78.9 Å². The van der Waals surface area contributed by atoms with Gasteiger partial charge in [-0.25, -0.2) is 9.59 Å². The average Bonchev–Trinajstić information content (AvgIpc) is 2.79. The number of amides is 2. The second-order valence-electron chi connectivity index (χ2n) is 4.75. The van der Waals surface area contributed by atoms with Crippen LogP contribution in [0.25, 0.3) is 0 Å². The molecule has 1 aliphatic rings. The summed E-state index contributed by atoms with van der Waals surface area (Å²) < 4.78 is 5.09. The third kappa shape index (κ3) is 3.60. The lowest BCUT2D eigenvalue weighted by molar-refractivity contribution is -0.144. The van der Waals surface area contributed by atoms with Gasteiger partial charge in [0.15, 0.2) is 5.54 Å². The molecule has 6 nitrogen and oxygen atoms in total. The molecule has 0 radical (unpaired) electrons. The number of urea groups is 1. The van der Waals surface area contributed by atoms with Crippen LogP contribution in [0.15, 0.2) is 0 Å². The van der Waals surface area contributed by atoms with Gasteiger partial charge in [0.1, 0.15) is 0 Å². The van der Waals surface area contributed by atoms with Crippen molar-refractivity contribution in [2.45, 2.75) is 38.1 Å². The molecule has 0 spiro atoms. The van der Waals surface area contributed by atoms with Gasteiger partial charge in [-0.1, -0.05) is 19.8 Å². The fraction of sp³-hybridized carbons (Fsp3) is 0.833. The van der Waals surface area contributed by atoms with Crippen LogP contribution in [0.1, 0.15) is 32.6 Å². The average molecular weight is 258 g/mol. The molecule has 0 saturated carbocycles. The molecular weight excluding hydrogens is 236 g/mol. The molecule has 0 aromatic rings. The van der Waals surface area contributed by atoms with Gasteiger partial charge in [-0.15, -0.1) is 0 Å². The van der Waals surface area contributed by atoms with Crippen LogP contribution in [0.2, 0.25) is 0 Å². The molecule has 1 fully saturated rings. The van der Waals surface area contributed by atoms with Gasteiger partial charge in [0.05, 0.1) is 6.61 Å². The maximum Gasteiger partial charge on any atom is 0.332 e. The van der Waals surface area contributed by atoms with Crippen LogP contribution in [0, 0.1) is 0 Å². The third-order valence-corrected chi connectivity index (χ3v) is 3.22. The molecule has 6 heteroatoms. The number of hydrogen-bond acceptors (Lipinski definition) is 3. The first-order valence-electron chi connectivity index (χ1n) is 6.36. The highest BCUT2D eigenvalue weighted by atomic mass is 16.5. The number of rotatable bonds is 6. The van der Waals surface area contributed by atoms with Crippen LogP contribution >= 0.6 is 0 Å². The fourth-order valence-corrected chi connectivity index (χ4v) is 1.89. The first-order chi connectivity index (χ1) is 8.52. The smallest absolute Gasteiger partial charge is 0.332 e. The molecule has 0 aromatic carbocycles. The minimum atomic E-state index is -1.25. The standard InChI is InChI=1S/C12H22N2O4/c1-3-4-5-7-14(2)11(17)13-12(10(15)16)6-8-18-9-12/h3-9H2,1-2H3,(H,13,17)(H,15,16). The van der Waals surface area contributed by atoms with Crippen molar-refractivity contribution in [1.29, 1.82) is 0 Å². The van der Waals surface area contributed by atoms with Crippen LogP contribution in [0.5, 0.6) is 0 Å². The van der Waals surface area contributed by atoms with E-state index >= 15 is 0 Å². The quantitative estimate of drug-likeness (QED) is 0.698. The van der Waals surface area contributed by atoms with Gasteiger partial charge in [0, 0.05) is 26.6 Å². The number of carboxylic acid groups (broad SMARTS) is 1. The lowest BCUT2D eigenvalue weighted by Gasteiger charge is -2.27. The van der Waals surface area contributed by atoms with Gasteiger partial charge < -0.3 is 20.1 Å². The van der Waals surface area contributed by atoms with Crippen molar-refractivity contribution in [3.8, 4) is 0 Å². The molecule has 0 aliphatic carbocycles. The number of nitrogens with zero attached hydrogens (tertiary/aromatic N) is 1. The van der Waals surface area contributed by atoms with E-state index in [-0.39, 0.29) is 12.6 Å². The van der Waals surface area contributed by atoms with E-state index in [9.17, 15) is 14.7 Å². The number of carboxylic acids is 1. The number of ether oxygens (including phenoxy) is 1. The largest absolute Gasteiger partial charge is 0.479 e. The van der Waals surface area contributed by atoms with Gasteiger partial charge in [-0.05, 0) is 6.42 Å². The molecule has 0 bridgehead atoms. The molecule has 1 atom stereocenters. The monoisotopic (exact) mass is 258 g/mol. The Balaban J connectivity index is 2.49. The summed E-state index contributed by atoms with van der Waals surface area (Å²) in [5, 5.41) is 11.8. The summed E-state index contributed by atoms with van der Waals surface area (Å²) in [6, 6.07) is -0.348. The first-order valence-corrected chi connectivity index (χ1v) is 6.36. The van der Waals surface area contributed by atoms with Crippen LogP contribution in [0.4, 0.5) is 4.79 Å². The Bertz CT molecular complexity index is 300. The summed E-state index contributed by atoms with van der Waals surface area (Å²) in [4.78, 5) is 24.7.